The van der Waals surface area contributed by atoms with Gasteiger partial charge in [0, 0.05) is 0 Å². The first-order chi connectivity index (χ1) is 4.45. The first-order valence-corrected chi connectivity index (χ1v) is 2.59. The van der Waals surface area contributed by atoms with Gasteiger partial charge in [-0.1, -0.05) is 6.92 Å². The van der Waals surface area contributed by atoms with Crippen LogP contribution in [0, 0.1) is 27.2 Å². The summed E-state index contributed by atoms with van der Waals surface area (Å²) < 4.78 is 0. The molecule has 0 fully saturated rings. The van der Waals surface area contributed by atoms with Crippen molar-refractivity contribution in [2.75, 3.05) is 0 Å². The van der Waals surface area contributed by atoms with Crippen molar-refractivity contribution in [1.82, 2.24) is 0 Å². The highest BCUT2D eigenvalue weighted by atomic mass is 16.7. The lowest BCUT2D eigenvalue weighted by atomic mass is 10.2. The average molecular weight is 147 g/mol. The molecule has 57 valence electrons. The highest BCUT2D eigenvalue weighted by Gasteiger charge is 2.48. The van der Waals surface area contributed by atoms with Crippen LogP contribution >= 0.6 is 0 Å². The first-order valence-electron chi connectivity index (χ1n) is 2.59. The van der Waals surface area contributed by atoms with Gasteiger partial charge in [0.05, 0.1) is 16.3 Å². The van der Waals surface area contributed by atoms with E-state index < -0.39 is 15.5 Å². The van der Waals surface area contributed by atoms with E-state index in [1.807, 2.05) is 0 Å². The number of hydrogen-bond acceptors (Lipinski definition) is 4. The normalized spacial score (nSPS) is 11.0. The third-order valence-corrected chi connectivity index (χ3v) is 1.25. The van der Waals surface area contributed by atoms with Crippen molar-refractivity contribution in [1.29, 1.82) is 0 Å². The Morgan fingerprint density at radius 1 is 1.40 bits per heavy atom. The van der Waals surface area contributed by atoms with E-state index in [0.717, 1.165) is 0 Å². The van der Waals surface area contributed by atoms with E-state index in [1.54, 1.807) is 0 Å². The van der Waals surface area contributed by atoms with Crippen molar-refractivity contribution in [2.24, 2.45) is 0 Å². The minimum absolute atomic E-state index is 0.215. The summed E-state index contributed by atoms with van der Waals surface area (Å²) in [7, 11) is 0. The molecule has 0 N–H and O–H groups in total. The molecule has 0 aliphatic rings. The Bertz CT molecular complexity index is 153. The zero-order valence-electron chi connectivity index (χ0n) is 5.44. The molecule has 0 atom stereocenters. The fourth-order valence-electron chi connectivity index (χ4n) is 0.325. The Morgan fingerprint density at radius 2 is 1.70 bits per heavy atom. The molecule has 0 aliphatic heterocycles. The molecule has 0 aromatic carbocycles. The number of nitrogens with zero attached hydrogens (tertiary/aromatic N) is 2. The number of hydrogen-bond donors (Lipinski definition) is 0. The van der Waals surface area contributed by atoms with Gasteiger partial charge in [0.15, 0.2) is 0 Å². The van der Waals surface area contributed by atoms with E-state index in [4.69, 9.17) is 0 Å². The Morgan fingerprint density at radius 3 is 1.70 bits per heavy atom. The molecular weight excluding hydrogens is 140 g/mol. The monoisotopic (exact) mass is 147 g/mol. The van der Waals surface area contributed by atoms with Gasteiger partial charge in [-0.05, 0) is 0 Å². The average Bonchev–Trinajstić information content (AvgIpc) is 1.85. The van der Waals surface area contributed by atoms with Crippen LogP contribution in [0.3, 0.4) is 0 Å². The van der Waals surface area contributed by atoms with Crippen molar-refractivity contribution >= 4 is 0 Å². The summed E-state index contributed by atoms with van der Waals surface area (Å²) in [6, 6.07) is 0. The molecule has 0 aromatic heterocycles. The van der Waals surface area contributed by atoms with Crippen LogP contribution in [-0.2, 0) is 0 Å². The van der Waals surface area contributed by atoms with Crippen LogP contribution in [0.15, 0.2) is 0 Å². The molecule has 0 heterocycles. The largest absolute Gasteiger partial charge is 0.458 e. The maximum atomic E-state index is 10.00. The SMILES string of the molecule is [CH2]C(CC)([N+](=O)[O-])[N+](=O)[O-]. The van der Waals surface area contributed by atoms with Crippen molar-refractivity contribution in [3.05, 3.63) is 27.2 Å². The van der Waals surface area contributed by atoms with Gasteiger partial charge in [-0.15, -0.1) is 0 Å². The molecule has 0 saturated heterocycles. The Balaban J connectivity index is 4.55. The fraction of sp³-hybridized carbons (Fsp3) is 0.750. The van der Waals surface area contributed by atoms with E-state index in [-0.39, 0.29) is 6.42 Å². The highest BCUT2D eigenvalue weighted by Crippen LogP contribution is 2.12. The third-order valence-electron chi connectivity index (χ3n) is 1.25. The lowest BCUT2D eigenvalue weighted by Crippen LogP contribution is -2.42. The first kappa shape index (κ1) is 8.80. The second-order valence-corrected chi connectivity index (χ2v) is 1.85. The summed E-state index contributed by atoms with van der Waals surface area (Å²) in [4.78, 5) is 18.0. The minimum Gasteiger partial charge on any atom is -0.258 e. The van der Waals surface area contributed by atoms with Gasteiger partial charge >= 0.3 is 5.66 Å². The van der Waals surface area contributed by atoms with Gasteiger partial charge in [-0.3, -0.25) is 20.2 Å². The second-order valence-electron chi connectivity index (χ2n) is 1.85. The number of nitro groups is 2. The zero-order valence-corrected chi connectivity index (χ0v) is 5.44. The molecule has 10 heavy (non-hydrogen) atoms. The predicted molar refractivity (Wildman–Crippen MR) is 32.4 cm³/mol. The number of rotatable bonds is 3. The Labute approximate surface area is 57.1 Å². The van der Waals surface area contributed by atoms with Crippen LogP contribution in [0.2, 0.25) is 0 Å². The van der Waals surface area contributed by atoms with Gasteiger partial charge in [0.2, 0.25) is 0 Å². The molecule has 0 aromatic rings. The molecular formula is C4H7N2O4. The van der Waals surface area contributed by atoms with Crippen LogP contribution < -0.4 is 0 Å². The summed E-state index contributed by atoms with van der Waals surface area (Å²) in [5.41, 5.74) is -2.26. The van der Waals surface area contributed by atoms with Crippen molar-refractivity contribution in [3.63, 3.8) is 0 Å². The van der Waals surface area contributed by atoms with E-state index in [0.29, 0.717) is 0 Å². The summed E-state index contributed by atoms with van der Waals surface area (Å²) in [5.74, 6) is 0. The lowest BCUT2D eigenvalue weighted by molar-refractivity contribution is -0.782. The maximum absolute atomic E-state index is 10.00. The molecule has 0 saturated carbocycles. The lowest BCUT2D eigenvalue weighted by Gasteiger charge is -2.08. The van der Waals surface area contributed by atoms with Gasteiger partial charge in [-0.25, -0.2) is 0 Å². The molecule has 0 unspecified atom stereocenters. The Hall–Kier alpha value is -1.20. The zero-order chi connectivity index (χ0) is 8.36. The summed E-state index contributed by atoms with van der Waals surface area (Å²) >= 11 is 0. The minimum atomic E-state index is -2.26. The molecule has 0 amide bonds. The third kappa shape index (κ3) is 1.20. The molecule has 0 rings (SSSR count). The second kappa shape index (κ2) is 2.59. The molecule has 0 bridgehead atoms. The molecule has 6 heteroatoms. The predicted octanol–water partition coefficient (Wildman–Crippen LogP) is 0.480. The van der Waals surface area contributed by atoms with Crippen LogP contribution in [-0.4, -0.2) is 15.5 Å². The topological polar surface area (TPSA) is 86.3 Å². The van der Waals surface area contributed by atoms with E-state index in [9.17, 15) is 20.2 Å². The van der Waals surface area contributed by atoms with Gasteiger partial charge in [-0.2, -0.15) is 0 Å². The van der Waals surface area contributed by atoms with Gasteiger partial charge < -0.3 is 0 Å². The van der Waals surface area contributed by atoms with Crippen LogP contribution in [0.4, 0.5) is 0 Å². The summed E-state index contributed by atoms with van der Waals surface area (Å²) in [6.07, 6.45) is -0.215. The molecule has 6 nitrogen and oxygen atoms in total. The van der Waals surface area contributed by atoms with Gasteiger partial charge in [0.1, 0.15) is 6.92 Å². The Kier molecular flexibility index (Phi) is 2.28. The van der Waals surface area contributed by atoms with Crippen molar-refractivity contribution in [3.8, 4) is 0 Å². The van der Waals surface area contributed by atoms with Crippen LogP contribution in [0.5, 0.6) is 0 Å². The molecule has 0 aliphatic carbocycles. The smallest absolute Gasteiger partial charge is 0.258 e. The summed E-state index contributed by atoms with van der Waals surface area (Å²) in [5, 5.41) is 20.0. The van der Waals surface area contributed by atoms with Crippen LogP contribution in [0.25, 0.3) is 0 Å². The van der Waals surface area contributed by atoms with Gasteiger partial charge in [0.25, 0.3) is 0 Å². The van der Waals surface area contributed by atoms with Crippen LogP contribution in [0.1, 0.15) is 13.3 Å². The molecule has 0 spiro atoms. The maximum Gasteiger partial charge on any atom is 0.458 e. The standard InChI is InChI=1S/C4H7N2O4/c1-3-4(2,5(7)8)6(9)10/h2-3H2,1H3. The summed E-state index contributed by atoms with van der Waals surface area (Å²) in [6.45, 7) is 4.23. The van der Waals surface area contributed by atoms with E-state index >= 15 is 0 Å². The van der Waals surface area contributed by atoms with Crippen molar-refractivity contribution < 1.29 is 9.85 Å². The quantitative estimate of drug-likeness (QED) is 0.330. The van der Waals surface area contributed by atoms with E-state index in [2.05, 4.69) is 6.92 Å². The molecule has 1 radical (unpaired) electrons. The van der Waals surface area contributed by atoms with Crippen molar-refractivity contribution in [2.45, 2.75) is 19.0 Å². The highest BCUT2D eigenvalue weighted by molar-refractivity contribution is 4.66. The fourth-order valence-corrected chi connectivity index (χ4v) is 0.325. The van der Waals surface area contributed by atoms with E-state index in [1.165, 1.54) is 6.92 Å².